The molecule has 11 nitrogen and oxygen atoms in total. The van der Waals surface area contributed by atoms with Crippen molar-refractivity contribution in [2.24, 2.45) is 0 Å². The van der Waals surface area contributed by atoms with Gasteiger partial charge in [0.2, 0.25) is 5.95 Å². The van der Waals surface area contributed by atoms with Crippen molar-refractivity contribution >= 4 is 56.7 Å². The number of esters is 1. The van der Waals surface area contributed by atoms with Crippen LogP contribution in [0, 0.1) is 6.92 Å². The monoisotopic (exact) mass is 569 g/mol. The molecule has 0 unspecified atom stereocenters. The first-order valence-corrected chi connectivity index (χ1v) is 13.7. The minimum absolute atomic E-state index is 0.0642. The molecule has 2 heterocycles. The zero-order valence-electron chi connectivity index (χ0n) is 21.0. The Morgan fingerprint density at radius 2 is 1.72 bits per heavy atom. The molecule has 0 radical (unpaired) electrons. The van der Waals surface area contributed by atoms with Crippen LogP contribution in [0.25, 0.3) is 0 Å². The highest BCUT2D eigenvalue weighted by atomic mass is 35.5. The highest BCUT2D eigenvalue weighted by Gasteiger charge is 2.39. The topological polar surface area (TPSA) is 148 Å². The van der Waals surface area contributed by atoms with Crippen LogP contribution < -0.4 is 14.9 Å². The van der Waals surface area contributed by atoms with Gasteiger partial charge in [0.05, 0.1) is 22.8 Å². The first-order valence-electron chi connectivity index (χ1n) is 11.9. The van der Waals surface area contributed by atoms with Crippen LogP contribution in [-0.2, 0) is 24.3 Å². The number of sulfonamides is 1. The summed E-state index contributed by atoms with van der Waals surface area (Å²) in [5.74, 6) is -2.02. The molecular weight excluding hydrogens is 546 g/mol. The molecule has 3 aromatic rings. The summed E-state index contributed by atoms with van der Waals surface area (Å²) in [6.07, 6.45) is 3.07. The largest absolute Gasteiger partial charge is 0.462 e. The van der Waals surface area contributed by atoms with Gasteiger partial charge in [-0.15, -0.1) is 0 Å². The van der Waals surface area contributed by atoms with Crippen LogP contribution in [0.1, 0.15) is 35.8 Å². The molecule has 1 aliphatic heterocycles. The van der Waals surface area contributed by atoms with Crippen LogP contribution in [0.2, 0.25) is 0 Å². The number of benzene rings is 2. The molecule has 0 atom stereocenters. The number of carbonyl (C=O) groups is 3. The van der Waals surface area contributed by atoms with Gasteiger partial charge in [-0.05, 0) is 67.9 Å². The molecule has 0 bridgehead atoms. The minimum atomic E-state index is -3.97. The zero-order valence-corrected chi connectivity index (χ0v) is 22.5. The molecule has 1 aliphatic rings. The molecule has 39 heavy (non-hydrogen) atoms. The number of unbranched alkanes of at least 4 members (excludes halogenated alkanes) is 1. The normalized spacial score (nSPS) is 13.6. The number of anilines is 3. The van der Waals surface area contributed by atoms with Gasteiger partial charge in [0, 0.05) is 17.6 Å². The van der Waals surface area contributed by atoms with E-state index in [9.17, 15) is 22.8 Å². The standard InChI is InChI=1S/C26H24ClN5O6S/c1-3-4-15-38-25(35)17-5-9-19(10-6-17)32-23(33)21(27)22(24(32)34)30-18-7-11-20(12-8-18)39(36,37)31-26-28-14-13-16(2)29-26/h5-14,30H,3-4,15H2,1-2H3,(H,28,29,31). The number of hydrogen-bond acceptors (Lipinski definition) is 9. The molecule has 0 saturated carbocycles. The van der Waals surface area contributed by atoms with E-state index in [1.165, 1.54) is 54.7 Å². The van der Waals surface area contributed by atoms with Crippen molar-refractivity contribution in [2.75, 3.05) is 21.5 Å². The van der Waals surface area contributed by atoms with E-state index in [1.54, 1.807) is 13.0 Å². The molecule has 13 heteroatoms. The van der Waals surface area contributed by atoms with Crippen molar-refractivity contribution in [3.05, 3.63) is 82.8 Å². The van der Waals surface area contributed by atoms with Crippen molar-refractivity contribution in [1.29, 1.82) is 0 Å². The second-order valence-corrected chi connectivity index (χ2v) is 10.5. The Bertz CT molecular complexity index is 1560. The van der Waals surface area contributed by atoms with E-state index >= 15 is 0 Å². The zero-order chi connectivity index (χ0) is 28.2. The predicted octanol–water partition coefficient (Wildman–Crippen LogP) is 3.98. The lowest BCUT2D eigenvalue weighted by atomic mass is 10.2. The van der Waals surface area contributed by atoms with Gasteiger partial charge in [-0.3, -0.25) is 9.59 Å². The maximum absolute atomic E-state index is 13.1. The second kappa shape index (κ2) is 11.6. The van der Waals surface area contributed by atoms with Gasteiger partial charge in [-0.25, -0.2) is 32.8 Å². The first-order chi connectivity index (χ1) is 18.6. The number of aryl methyl sites for hydroxylation is 1. The van der Waals surface area contributed by atoms with Gasteiger partial charge in [-0.1, -0.05) is 24.9 Å². The quantitative estimate of drug-likeness (QED) is 0.210. The Hall–Kier alpha value is -4.29. The Morgan fingerprint density at radius 1 is 1.03 bits per heavy atom. The maximum atomic E-state index is 13.1. The highest BCUT2D eigenvalue weighted by molar-refractivity contribution is 7.92. The van der Waals surface area contributed by atoms with Gasteiger partial charge < -0.3 is 10.1 Å². The van der Waals surface area contributed by atoms with Crippen molar-refractivity contribution in [1.82, 2.24) is 9.97 Å². The third kappa shape index (κ3) is 6.24. The fraction of sp³-hybridized carbons (Fsp3) is 0.192. The van der Waals surface area contributed by atoms with Crippen LogP contribution in [-0.4, -0.2) is 42.8 Å². The average Bonchev–Trinajstić information content (AvgIpc) is 3.12. The van der Waals surface area contributed by atoms with Crippen LogP contribution in [0.3, 0.4) is 0 Å². The average molecular weight is 570 g/mol. The lowest BCUT2D eigenvalue weighted by molar-refractivity contribution is -0.120. The van der Waals surface area contributed by atoms with E-state index in [4.69, 9.17) is 16.3 Å². The number of aromatic nitrogens is 2. The van der Waals surface area contributed by atoms with Gasteiger partial charge in [-0.2, -0.15) is 0 Å². The summed E-state index contributed by atoms with van der Waals surface area (Å²) in [6, 6.07) is 12.9. The number of halogens is 1. The van der Waals surface area contributed by atoms with Gasteiger partial charge >= 0.3 is 5.97 Å². The molecule has 0 spiro atoms. The summed E-state index contributed by atoms with van der Waals surface area (Å²) in [5.41, 5.74) is 1.24. The number of amides is 2. The molecule has 2 aromatic carbocycles. The van der Waals surface area contributed by atoms with Crippen molar-refractivity contribution in [3.63, 3.8) is 0 Å². The number of carbonyl (C=O) groups excluding carboxylic acids is 3. The van der Waals surface area contributed by atoms with Crippen LogP contribution in [0.5, 0.6) is 0 Å². The molecule has 0 aliphatic carbocycles. The molecule has 202 valence electrons. The Balaban J connectivity index is 1.45. The molecule has 0 saturated heterocycles. The SMILES string of the molecule is CCCCOC(=O)c1ccc(N2C(=O)C(Cl)=C(Nc3ccc(S(=O)(=O)Nc4nccc(C)n4)cc3)C2=O)cc1. The molecule has 2 N–H and O–H groups in total. The first kappa shape index (κ1) is 27.7. The molecule has 0 fully saturated rings. The highest BCUT2D eigenvalue weighted by Crippen LogP contribution is 2.30. The lowest BCUT2D eigenvalue weighted by Gasteiger charge is -2.15. The van der Waals surface area contributed by atoms with Gasteiger partial charge in [0.15, 0.2) is 0 Å². The number of imide groups is 1. The van der Waals surface area contributed by atoms with Crippen LogP contribution in [0.4, 0.5) is 17.3 Å². The molecule has 2 amide bonds. The third-order valence-corrected chi connectivity index (χ3v) is 7.27. The maximum Gasteiger partial charge on any atom is 0.338 e. The van der Waals surface area contributed by atoms with E-state index in [0.717, 1.165) is 17.7 Å². The summed E-state index contributed by atoms with van der Waals surface area (Å²) < 4.78 is 32.8. The van der Waals surface area contributed by atoms with Crippen molar-refractivity contribution < 1.29 is 27.5 Å². The Labute approximate surface area is 229 Å². The van der Waals surface area contributed by atoms with Gasteiger partial charge in [0.1, 0.15) is 10.7 Å². The summed E-state index contributed by atoms with van der Waals surface area (Å²) in [4.78, 5) is 46.7. The van der Waals surface area contributed by atoms with Crippen LogP contribution in [0.15, 0.2) is 76.4 Å². The second-order valence-electron chi connectivity index (χ2n) is 8.45. The summed E-state index contributed by atoms with van der Waals surface area (Å²) in [7, 11) is -3.97. The smallest absolute Gasteiger partial charge is 0.338 e. The van der Waals surface area contributed by atoms with E-state index in [2.05, 4.69) is 20.0 Å². The number of rotatable bonds is 10. The lowest BCUT2D eigenvalue weighted by Crippen LogP contribution is -2.32. The molecular formula is C26H24ClN5O6S. The summed E-state index contributed by atoms with van der Waals surface area (Å²) in [5, 5.41) is 2.45. The number of ether oxygens (including phenoxy) is 1. The summed E-state index contributed by atoms with van der Waals surface area (Å²) >= 11 is 6.19. The van der Waals surface area contributed by atoms with E-state index < -0.39 is 27.8 Å². The molecule has 1 aromatic heterocycles. The summed E-state index contributed by atoms with van der Waals surface area (Å²) in [6.45, 7) is 3.99. The predicted molar refractivity (Wildman–Crippen MR) is 145 cm³/mol. The van der Waals surface area contributed by atoms with E-state index in [1.807, 2.05) is 6.92 Å². The van der Waals surface area contributed by atoms with Gasteiger partial charge in [0.25, 0.3) is 21.8 Å². The van der Waals surface area contributed by atoms with Crippen LogP contribution >= 0.6 is 11.6 Å². The minimum Gasteiger partial charge on any atom is -0.462 e. The Kier molecular flexibility index (Phi) is 8.27. The number of nitrogens with one attached hydrogen (secondary N) is 2. The van der Waals surface area contributed by atoms with E-state index in [0.29, 0.717) is 18.0 Å². The fourth-order valence-corrected chi connectivity index (χ4v) is 4.69. The molecule has 4 rings (SSSR count). The van der Waals surface area contributed by atoms with Crippen molar-refractivity contribution in [3.8, 4) is 0 Å². The fourth-order valence-electron chi connectivity index (χ4n) is 3.52. The third-order valence-electron chi connectivity index (χ3n) is 5.57. The Morgan fingerprint density at radius 3 is 2.36 bits per heavy atom. The number of nitrogens with zero attached hydrogens (tertiary/aromatic N) is 3. The van der Waals surface area contributed by atoms with E-state index in [-0.39, 0.29) is 32.8 Å². The number of hydrogen-bond donors (Lipinski definition) is 2. The van der Waals surface area contributed by atoms with Crippen molar-refractivity contribution in [2.45, 2.75) is 31.6 Å².